The minimum absolute atomic E-state index is 0.388. The van der Waals surface area contributed by atoms with Gasteiger partial charge in [0.05, 0.1) is 13.2 Å². The molecule has 0 aliphatic carbocycles. The summed E-state index contributed by atoms with van der Waals surface area (Å²) in [5.74, 6) is 0. The van der Waals surface area contributed by atoms with Crippen LogP contribution in [0.1, 0.15) is 12.8 Å². The SMILES string of the molecule is O=C1OCCCOCCCO1. The van der Waals surface area contributed by atoms with Gasteiger partial charge in [-0.05, 0) is 0 Å². The lowest BCUT2D eigenvalue weighted by Gasteiger charge is -2.09. The molecule has 4 heteroatoms. The van der Waals surface area contributed by atoms with Crippen LogP contribution in [0.4, 0.5) is 4.79 Å². The zero-order valence-corrected chi connectivity index (χ0v) is 6.38. The zero-order valence-electron chi connectivity index (χ0n) is 6.38. The fourth-order valence-corrected chi connectivity index (χ4v) is 0.777. The Labute approximate surface area is 65.4 Å². The van der Waals surface area contributed by atoms with Gasteiger partial charge < -0.3 is 14.2 Å². The first kappa shape index (κ1) is 8.33. The molecule has 0 radical (unpaired) electrons. The number of hydrogen-bond donors (Lipinski definition) is 0. The molecule has 64 valence electrons. The van der Waals surface area contributed by atoms with Crippen LogP contribution in [0.3, 0.4) is 0 Å². The van der Waals surface area contributed by atoms with Crippen LogP contribution in [0.15, 0.2) is 0 Å². The molecule has 1 saturated heterocycles. The highest BCUT2D eigenvalue weighted by Gasteiger charge is 2.04. The minimum Gasteiger partial charge on any atom is -0.434 e. The fourth-order valence-electron chi connectivity index (χ4n) is 0.777. The van der Waals surface area contributed by atoms with Gasteiger partial charge in [0.1, 0.15) is 0 Å². The van der Waals surface area contributed by atoms with Gasteiger partial charge in [0.25, 0.3) is 0 Å². The second kappa shape index (κ2) is 4.96. The molecule has 0 aromatic heterocycles. The van der Waals surface area contributed by atoms with Gasteiger partial charge in [0, 0.05) is 26.1 Å². The Morgan fingerprint density at radius 3 is 2.00 bits per heavy atom. The highest BCUT2D eigenvalue weighted by Crippen LogP contribution is 1.95. The molecule has 1 heterocycles. The van der Waals surface area contributed by atoms with Crippen LogP contribution in [0, 0.1) is 0 Å². The van der Waals surface area contributed by atoms with Crippen LogP contribution in [0.2, 0.25) is 0 Å². The zero-order chi connectivity index (χ0) is 7.94. The summed E-state index contributed by atoms with van der Waals surface area (Å²) in [6.45, 7) is 2.10. The standard InChI is InChI=1S/C7H12O4/c8-7-10-5-1-3-9-4-2-6-11-7/h1-6H2. The quantitative estimate of drug-likeness (QED) is 0.495. The van der Waals surface area contributed by atoms with Gasteiger partial charge in [-0.3, -0.25) is 0 Å². The predicted molar refractivity (Wildman–Crippen MR) is 37.4 cm³/mol. The van der Waals surface area contributed by atoms with Crippen molar-refractivity contribution in [3.63, 3.8) is 0 Å². The van der Waals surface area contributed by atoms with E-state index in [1.165, 1.54) is 0 Å². The molecule has 0 saturated carbocycles. The summed E-state index contributed by atoms with van der Waals surface area (Å²) in [5.41, 5.74) is 0. The molecule has 4 nitrogen and oxygen atoms in total. The largest absolute Gasteiger partial charge is 0.508 e. The molecule has 1 fully saturated rings. The van der Waals surface area contributed by atoms with Gasteiger partial charge in [-0.25, -0.2) is 4.79 Å². The summed E-state index contributed by atoms with van der Waals surface area (Å²) in [5, 5.41) is 0. The molecule has 0 bridgehead atoms. The molecule has 1 aliphatic heterocycles. The Bertz CT molecular complexity index is 112. The van der Waals surface area contributed by atoms with Crippen LogP contribution >= 0.6 is 0 Å². The van der Waals surface area contributed by atoms with Crippen molar-refractivity contribution >= 4 is 6.16 Å². The van der Waals surface area contributed by atoms with E-state index in [-0.39, 0.29) is 0 Å². The van der Waals surface area contributed by atoms with Gasteiger partial charge in [-0.1, -0.05) is 0 Å². The number of ether oxygens (including phenoxy) is 3. The van der Waals surface area contributed by atoms with E-state index in [1.54, 1.807) is 0 Å². The lowest BCUT2D eigenvalue weighted by molar-refractivity contribution is 0.0241. The van der Waals surface area contributed by atoms with E-state index in [9.17, 15) is 4.79 Å². The van der Waals surface area contributed by atoms with Crippen LogP contribution in [-0.2, 0) is 14.2 Å². The van der Waals surface area contributed by atoms with Crippen LogP contribution in [0.5, 0.6) is 0 Å². The summed E-state index contributed by atoms with van der Waals surface area (Å²) in [6.07, 6.45) is 0.927. The van der Waals surface area contributed by atoms with Crippen molar-refractivity contribution in [1.29, 1.82) is 0 Å². The summed E-state index contributed by atoms with van der Waals surface area (Å²) in [6, 6.07) is 0. The molecule has 1 aliphatic rings. The molecule has 0 unspecified atom stereocenters. The third-order valence-corrected chi connectivity index (χ3v) is 1.31. The van der Waals surface area contributed by atoms with Crippen molar-refractivity contribution in [3.8, 4) is 0 Å². The van der Waals surface area contributed by atoms with Gasteiger partial charge in [-0.15, -0.1) is 0 Å². The van der Waals surface area contributed by atoms with E-state index in [4.69, 9.17) is 4.74 Å². The first-order valence-corrected chi connectivity index (χ1v) is 3.77. The van der Waals surface area contributed by atoms with Crippen molar-refractivity contribution in [3.05, 3.63) is 0 Å². The van der Waals surface area contributed by atoms with Gasteiger partial charge in [0.15, 0.2) is 0 Å². The smallest absolute Gasteiger partial charge is 0.434 e. The molecule has 1 rings (SSSR count). The predicted octanol–water partition coefficient (Wildman–Crippen LogP) is 0.950. The van der Waals surface area contributed by atoms with Crippen LogP contribution < -0.4 is 0 Å². The maximum absolute atomic E-state index is 10.6. The second-order valence-electron chi connectivity index (χ2n) is 2.27. The fraction of sp³-hybridized carbons (Fsp3) is 0.857. The Hall–Kier alpha value is -0.770. The Kier molecular flexibility index (Phi) is 3.75. The Morgan fingerprint density at radius 1 is 0.909 bits per heavy atom. The maximum atomic E-state index is 10.6. The second-order valence-corrected chi connectivity index (χ2v) is 2.27. The van der Waals surface area contributed by atoms with Gasteiger partial charge in [0.2, 0.25) is 0 Å². The molecular weight excluding hydrogens is 148 g/mol. The number of carbonyl (C=O) groups excluding carboxylic acids is 1. The topological polar surface area (TPSA) is 44.8 Å². The normalized spacial score (nSPS) is 21.6. The van der Waals surface area contributed by atoms with Crippen molar-refractivity contribution in [2.24, 2.45) is 0 Å². The van der Waals surface area contributed by atoms with Crippen molar-refractivity contribution < 1.29 is 19.0 Å². The lowest BCUT2D eigenvalue weighted by Crippen LogP contribution is -2.14. The van der Waals surface area contributed by atoms with E-state index in [1.807, 2.05) is 0 Å². The third-order valence-electron chi connectivity index (χ3n) is 1.31. The average molecular weight is 160 g/mol. The lowest BCUT2D eigenvalue weighted by atomic mass is 10.4. The maximum Gasteiger partial charge on any atom is 0.508 e. The summed E-state index contributed by atoms with van der Waals surface area (Å²) in [4.78, 5) is 10.6. The van der Waals surface area contributed by atoms with Crippen molar-refractivity contribution in [2.75, 3.05) is 26.4 Å². The number of carbonyl (C=O) groups is 1. The molecule has 0 atom stereocenters. The molecule has 0 amide bonds. The highest BCUT2D eigenvalue weighted by molar-refractivity contribution is 5.59. The van der Waals surface area contributed by atoms with E-state index < -0.39 is 6.16 Å². The molecule has 0 aromatic rings. The highest BCUT2D eigenvalue weighted by atomic mass is 16.7. The molecule has 0 aromatic carbocycles. The minimum atomic E-state index is -0.563. The monoisotopic (exact) mass is 160 g/mol. The summed E-state index contributed by atoms with van der Waals surface area (Å²) in [7, 11) is 0. The van der Waals surface area contributed by atoms with E-state index in [2.05, 4.69) is 9.47 Å². The molecule has 11 heavy (non-hydrogen) atoms. The van der Waals surface area contributed by atoms with Gasteiger partial charge >= 0.3 is 6.16 Å². The Balaban J connectivity index is 2.17. The van der Waals surface area contributed by atoms with E-state index in [0.717, 1.165) is 12.8 Å². The first-order valence-electron chi connectivity index (χ1n) is 3.77. The number of rotatable bonds is 0. The number of hydrogen-bond acceptors (Lipinski definition) is 4. The van der Waals surface area contributed by atoms with E-state index in [0.29, 0.717) is 26.4 Å². The van der Waals surface area contributed by atoms with Crippen molar-refractivity contribution in [1.82, 2.24) is 0 Å². The number of cyclic esters (lactones) is 2. The van der Waals surface area contributed by atoms with Gasteiger partial charge in [-0.2, -0.15) is 0 Å². The third kappa shape index (κ3) is 3.83. The summed E-state index contributed by atoms with van der Waals surface area (Å²) < 4.78 is 14.5. The van der Waals surface area contributed by atoms with Crippen LogP contribution in [0.25, 0.3) is 0 Å². The van der Waals surface area contributed by atoms with Crippen molar-refractivity contribution in [2.45, 2.75) is 12.8 Å². The molecular formula is C7H12O4. The summed E-state index contributed by atoms with van der Waals surface area (Å²) >= 11 is 0. The average Bonchev–Trinajstić information content (AvgIpc) is 2.03. The van der Waals surface area contributed by atoms with Crippen LogP contribution in [-0.4, -0.2) is 32.6 Å². The molecule has 0 N–H and O–H groups in total. The first-order chi connectivity index (χ1) is 5.39. The van der Waals surface area contributed by atoms with E-state index >= 15 is 0 Å². The Morgan fingerprint density at radius 2 is 1.45 bits per heavy atom. The molecule has 0 spiro atoms.